The zero-order valence-corrected chi connectivity index (χ0v) is 11.6. The van der Waals surface area contributed by atoms with Crippen molar-refractivity contribution in [1.82, 2.24) is 0 Å². The summed E-state index contributed by atoms with van der Waals surface area (Å²) in [5.74, 6) is 0.383. The first-order valence-corrected chi connectivity index (χ1v) is 7.15. The number of hydrogen-bond acceptors (Lipinski definition) is 3. The van der Waals surface area contributed by atoms with Gasteiger partial charge in [-0.05, 0) is 30.5 Å². The molecule has 0 aliphatic carbocycles. The number of ether oxygens (including phenoxy) is 1. The Balaban J connectivity index is 2.00. The van der Waals surface area contributed by atoms with E-state index < -0.39 is 5.97 Å². The molecule has 2 aromatic rings. The van der Waals surface area contributed by atoms with E-state index in [4.69, 9.17) is 9.84 Å². The van der Waals surface area contributed by atoms with Crippen LogP contribution in [0.4, 0.5) is 0 Å². The monoisotopic (exact) mass is 276 g/mol. The number of thiophene rings is 1. The van der Waals surface area contributed by atoms with Gasteiger partial charge in [0, 0.05) is 11.4 Å². The van der Waals surface area contributed by atoms with Gasteiger partial charge in [0.15, 0.2) is 0 Å². The number of carboxylic acid groups (broad SMARTS) is 1. The van der Waals surface area contributed by atoms with Crippen LogP contribution >= 0.6 is 11.3 Å². The minimum absolute atomic E-state index is 0.287. The fraction of sp³-hybridized carbons (Fsp3) is 0.267. The molecule has 100 valence electrons. The molecule has 0 aliphatic heterocycles. The first kappa shape index (κ1) is 13.6. The molecular weight excluding hydrogens is 260 g/mol. The van der Waals surface area contributed by atoms with Gasteiger partial charge in [-0.3, -0.25) is 0 Å². The van der Waals surface area contributed by atoms with Crippen LogP contribution in [0.1, 0.15) is 35.0 Å². The van der Waals surface area contributed by atoms with Gasteiger partial charge < -0.3 is 9.84 Å². The van der Waals surface area contributed by atoms with E-state index in [0.29, 0.717) is 5.75 Å². The van der Waals surface area contributed by atoms with Crippen LogP contribution in [-0.4, -0.2) is 11.1 Å². The number of rotatable bonds is 6. The first-order chi connectivity index (χ1) is 9.19. The third kappa shape index (κ3) is 3.83. The quantitative estimate of drug-likeness (QED) is 0.840. The van der Waals surface area contributed by atoms with Crippen LogP contribution in [0.5, 0.6) is 11.5 Å². The number of benzene rings is 1. The van der Waals surface area contributed by atoms with Crippen molar-refractivity contribution in [1.29, 1.82) is 0 Å². The first-order valence-electron chi connectivity index (χ1n) is 6.27. The summed E-state index contributed by atoms with van der Waals surface area (Å²) in [7, 11) is 0. The summed E-state index contributed by atoms with van der Waals surface area (Å²) in [6.07, 6.45) is 3.45. The van der Waals surface area contributed by atoms with Crippen LogP contribution < -0.4 is 4.74 Å². The zero-order chi connectivity index (χ0) is 13.7. The lowest BCUT2D eigenvalue weighted by Crippen LogP contribution is -1.90. The van der Waals surface area contributed by atoms with E-state index in [2.05, 4.69) is 19.1 Å². The number of unbranched alkanes of at least 4 members (excludes halogenated alkanes) is 1. The second-order valence-electron chi connectivity index (χ2n) is 4.30. The average Bonchev–Trinajstić information content (AvgIpc) is 2.87. The molecule has 1 aromatic heterocycles. The summed E-state index contributed by atoms with van der Waals surface area (Å²) < 4.78 is 5.62. The van der Waals surface area contributed by atoms with Gasteiger partial charge in [-0.15, -0.1) is 11.3 Å². The van der Waals surface area contributed by atoms with E-state index in [-0.39, 0.29) is 4.88 Å². The van der Waals surface area contributed by atoms with Crippen LogP contribution in [0.15, 0.2) is 35.7 Å². The van der Waals surface area contributed by atoms with Gasteiger partial charge in [0.05, 0.1) is 0 Å². The van der Waals surface area contributed by atoms with E-state index in [9.17, 15) is 4.79 Å². The second kappa shape index (κ2) is 6.38. The Labute approximate surface area is 116 Å². The molecular formula is C15H16O3S. The van der Waals surface area contributed by atoms with E-state index >= 15 is 0 Å². The van der Waals surface area contributed by atoms with E-state index in [1.165, 1.54) is 35.8 Å². The van der Waals surface area contributed by atoms with Crippen LogP contribution in [0.25, 0.3) is 0 Å². The minimum Gasteiger partial charge on any atom is -0.477 e. The van der Waals surface area contributed by atoms with Gasteiger partial charge in [0.1, 0.15) is 16.4 Å². The maximum absolute atomic E-state index is 10.8. The standard InChI is InChI=1S/C15H16O3S/c1-2-3-4-11-5-7-12(8-6-11)18-13-9-14(15(16)17)19-10-13/h5-10H,2-4H2,1H3,(H,16,17). The van der Waals surface area contributed by atoms with Crippen LogP contribution in [0.3, 0.4) is 0 Å². The Morgan fingerprint density at radius 1 is 1.26 bits per heavy atom. The summed E-state index contributed by atoms with van der Waals surface area (Å²) in [4.78, 5) is 11.1. The largest absolute Gasteiger partial charge is 0.477 e. The van der Waals surface area contributed by atoms with E-state index in [1.807, 2.05) is 12.1 Å². The molecule has 1 aromatic carbocycles. The smallest absolute Gasteiger partial charge is 0.346 e. The predicted octanol–water partition coefficient (Wildman–Crippen LogP) is 4.58. The maximum Gasteiger partial charge on any atom is 0.346 e. The Kier molecular flexibility index (Phi) is 4.58. The highest BCUT2D eigenvalue weighted by atomic mass is 32.1. The lowest BCUT2D eigenvalue weighted by atomic mass is 10.1. The Hall–Kier alpha value is -1.81. The van der Waals surface area contributed by atoms with E-state index in [0.717, 1.165) is 12.2 Å². The molecule has 0 bridgehead atoms. The van der Waals surface area contributed by atoms with Crippen molar-refractivity contribution in [2.45, 2.75) is 26.2 Å². The minimum atomic E-state index is -0.922. The number of aromatic carboxylic acids is 1. The fourth-order valence-corrected chi connectivity index (χ4v) is 2.37. The second-order valence-corrected chi connectivity index (χ2v) is 5.21. The van der Waals surface area contributed by atoms with Crippen LogP contribution in [0.2, 0.25) is 0 Å². The number of aryl methyl sites for hydroxylation is 1. The Morgan fingerprint density at radius 2 is 2.00 bits per heavy atom. The highest BCUT2D eigenvalue weighted by molar-refractivity contribution is 7.12. The predicted molar refractivity (Wildman–Crippen MR) is 76.4 cm³/mol. The van der Waals surface area contributed by atoms with Crippen molar-refractivity contribution >= 4 is 17.3 Å². The molecule has 1 heterocycles. The highest BCUT2D eigenvalue weighted by Gasteiger charge is 2.08. The van der Waals surface area contributed by atoms with Gasteiger partial charge in [-0.2, -0.15) is 0 Å². The molecule has 0 aliphatic rings. The summed E-state index contributed by atoms with van der Waals surface area (Å²) in [6.45, 7) is 2.17. The topological polar surface area (TPSA) is 46.5 Å². The van der Waals surface area contributed by atoms with Gasteiger partial charge in [-0.25, -0.2) is 4.79 Å². The van der Waals surface area contributed by atoms with E-state index in [1.54, 1.807) is 5.38 Å². The molecule has 0 saturated heterocycles. The van der Waals surface area contributed by atoms with Gasteiger partial charge in [-0.1, -0.05) is 25.5 Å². The van der Waals surface area contributed by atoms with Crippen molar-refractivity contribution < 1.29 is 14.6 Å². The zero-order valence-electron chi connectivity index (χ0n) is 10.8. The Bertz CT molecular complexity index is 543. The molecule has 2 rings (SSSR count). The van der Waals surface area contributed by atoms with Gasteiger partial charge in [0.25, 0.3) is 0 Å². The molecule has 19 heavy (non-hydrogen) atoms. The molecule has 0 saturated carbocycles. The number of carboxylic acids is 1. The lowest BCUT2D eigenvalue weighted by Gasteiger charge is -2.04. The third-order valence-electron chi connectivity index (χ3n) is 2.76. The van der Waals surface area contributed by atoms with Crippen LogP contribution in [-0.2, 0) is 6.42 Å². The fourth-order valence-electron chi connectivity index (χ4n) is 1.73. The summed E-state index contributed by atoms with van der Waals surface area (Å²) in [5.41, 5.74) is 1.30. The lowest BCUT2D eigenvalue weighted by molar-refractivity contribution is 0.0702. The molecule has 3 nitrogen and oxygen atoms in total. The van der Waals surface area contributed by atoms with Crippen LogP contribution in [0, 0.1) is 0 Å². The molecule has 4 heteroatoms. The Morgan fingerprint density at radius 3 is 2.58 bits per heavy atom. The van der Waals surface area contributed by atoms with Gasteiger partial charge >= 0.3 is 5.97 Å². The molecule has 0 unspecified atom stereocenters. The molecule has 0 spiro atoms. The summed E-state index contributed by atoms with van der Waals surface area (Å²) in [6, 6.07) is 9.48. The van der Waals surface area contributed by atoms with Gasteiger partial charge in [0.2, 0.25) is 0 Å². The van der Waals surface area contributed by atoms with Crippen molar-refractivity contribution in [3.63, 3.8) is 0 Å². The molecule has 0 amide bonds. The summed E-state index contributed by atoms with van der Waals surface area (Å²) in [5, 5.41) is 10.5. The molecule has 0 radical (unpaired) electrons. The highest BCUT2D eigenvalue weighted by Crippen LogP contribution is 2.27. The summed E-state index contributed by atoms with van der Waals surface area (Å²) >= 11 is 1.17. The van der Waals surface area contributed by atoms with Crippen molar-refractivity contribution in [2.24, 2.45) is 0 Å². The molecule has 1 N–H and O–H groups in total. The SMILES string of the molecule is CCCCc1ccc(Oc2csc(C(=O)O)c2)cc1. The normalized spacial score (nSPS) is 10.4. The maximum atomic E-state index is 10.8. The molecule has 0 atom stereocenters. The number of hydrogen-bond donors (Lipinski definition) is 1. The van der Waals surface area contributed by atoms with Crippen molar-refractivity contribution in [3.05, 3.63) is 46.2 Å². The van der Waals surface area contributed by atoms with Crippen molar-refractivity contribution in [3.8, 4) is 11.5 Å². The molecule has 0 fully saturated rings. The van der Waals surface area contributed by atoms with Crippen molar-refractivity contribution in [2.75, 3.05) is 0 Å². The number of carbonyl (C=O) groups is 1. The average molecular weight is 276 g/mol. The third-order valence-corrected chi connectivity index (χ3v) is 3.66.